The molecule has 0 spiro atoms. The van der Waals surface area contributed by atoms with E-state index in [9.17, 15) is 14.0 Å². The average molecular weight is 399 g/mol. The van der Waals surface area contributed by atoms with Gasteiger partial charge in [0.15, 0.2) is 0 Å². The van der Waals surface area contributed by atoms with Crippen LogP contribution < -0.4 is 20.9 Å². The number of nitrogens with zero attached hydrogens (tertiary/aromatic N) is 2. The minimum absolute atomic E-state index is 0.147. The van der Waals surface area contributed by atoms with Crippen LogP contribution in [0.1, 0.15) is 5.56 Å². The summed E-state index contributed by atoms with van der Waals surface area (Å²) in [6, 6.07) is 13.1. The maximum atomic E-state index is 12.9. The molecule has 3 rings (SSSR count). The largest absolute Gasteiger partial charge is 0.367 e. The predicted octanol–water partition coefficient (Wildman–Crippen LogP) is 2.02. The molecule has 29 heavy (non-hydrogen) atoms. The Kier molecular flexibility index (Phi) is 7.02. The number of hydrogen-bond donors (Lipinski definition) is 3. The van der Waals surface area contributed by atoms with Gasteiger partial charge in [0.2, 0.25) is 5.91 Å². The van der Waals surface area contributed by atoms with E-state index in [1.807, 2.05) is 24.3 Å². The van der Waals surface area contributed by atoms with Gasteiger partial charge in [-0.1, -0.05) is 24.3 Å². The van der Waals surface area contributed by atoms with Gasteiger partial charge < -0.3 is 25.8 Å². The van der Waals surface area contributed by atoms with Crippen LogP contribution in [0, 0.1) is 5.82 Å². The molecule has 1 fully saturated rings. The SMILES string of the molecule is CN1CCN(c2ccccc2NC(=O)CNC(=O)NCc2ccc(F)cc2)CC1. The minimum Gasteiger partial charge on any atom is -0.367 e. The summed E-state index contributed by atoms with van der Waals surface area (Å²) in [6.45, 7) is 3.84. The summed E-state index contributed by atoms with van der Waals surface area (Å²) in [5.74, 6) is -0.629. The van der Waals surface area contributed by atoms with Crippen molar-refractivity contribution in [2.24, 2.45) is 0 Å². The van der Waals surface area contributed by atoms with Crippen LogP contribution in [0.2, 0.25) is 0 Å². The highest BCUT2D eigenvalue weighted by molar-refractivity contribution is 5.97. The van der Waals surface area contributed by atoms with Gasteiger partial charge in [-0.05, 0) is 36.9 Å². The number of carbonyl (C=O) groups is 2. The highest BCUT2D eigenvalue weighted by Crippen LogP contribution is 2.26. The van der Waals surface area contributed by atoms with Crippen LogP contribution in [0.3, 0.4) is 0 Å². The van der Waals surface area contributed by atoms with Crippen molar-refractivity contribution in [1.29, 1.82) is 0 Å². The second kappa shape index (κ2) is 9.88. The van der Waals surface area contributed by atoms with Crippen molar-refractivity contribution in [3.05, 3.63) is 59.9 Å². The second-order valence-electron chi connectivity index (χ2n) is 7.02. The number of carbonyl (C=O) groups excluding carboxylic acids is 2. The normalized spacial score (nSPS) is 14.3. The zero-order chi connectivity index (χ0) is 20.6. The number of para-hydroxylation sites is 2. The molecular formula is C21H26FN5O2. The minimum atomic E-state index is -0.461. The summed E-state index contributed by atoms with van der Waals surface area (Å²) in [5.41, 5.74) is 2.48. The number of benzene rings is 2. The van der Waals surface area contributed by atoms with E-state index in [2.05, 4.69) is 32.8 Å². The molecule has 0 bridgehead atoms. The quantitative estimate of drug-likeness (QED) is 0.695. The predicted molar refractivity (Wildman–Crippen MR) is 111 cm³/mol. The smallest absolute Gasteiger partial charge is 0.315 e. The summed E-state index contributed by atoms with van der Waals surface area (Å²) in [6.07, 6.45) is 0. The molecule has 0 unspecified atom stereocenters. The van der Waals surface area contributed by atoms with Crippen LogP contribution in [0.15, 0.2) is 48.5 Å². The highest BCUT2D eigenvalue weighted by Gasteiger charge is 2.17. The zero-order valence-electron chi connectivity index (χ0n) is 16.5. The molecule has 0 atom stereocenters. The molecule has 8 heteroatoms. The van der Waals surface area contributed by atoms with E-state index < -0.39 is 6.03 Å². The van der Waals surface area contributed by atoms with E-state index in [4.69, 9.17) is 0 Å². The second-order valence-corrected chi connectivity index (χ2v) is 7.02. The molecule has 3 amide bonds. The molecule has 1 aliphatic rings. The van der Waals surface area contributed by atoms with E-state index in [0.29, 0.717) is 0 Å². The summed E-state index contributed by atoms with van der Waals surface area (Å²) < 4.78 is 12.9. The van der Waals surface area contributed by atoms with Crippen LogP contribution in [-0.2, 0) is 11.3 Å². The molecule has 1 saturated heterocycles. The Labute approximate surface area is 169 Å². The lowest BCUT2D eigenvalue weighted by Crippen LogP contribution is -2.45. The molecule has 0 saturated carbocycles. The number of hydrogen-bond acceptors (Lipinski definition) is 4. The molecule has 1 heterocycles. The molecule has 1 aliphatic heterocycles. The van der Waals surface area contributed by atoms with Crippen molar-refractivity contribution >= 4 is 23.3 Å². The van der Waals surface area contributed by atoms with Crippen molar-refractivity contribution in [1.82, 2.24) is 15.5 Å². The fourth-order valence-electron chi connectivity index (χ4n) is 3.10. The van der Waals surface area contributed by atoms with E-state index in [1.165, 1.54) is 12.1 Å². The molecule has 0 aromatic heterocycles. The van der Waals surface area contributed by atoms with E-state index in [-0.39, 0.29) is 24.8 Å². The monoisotopic (exact) mass is 399 g/mol. The Morgan fingerprint density at radius 3 is 2.38 bits per heavy atom. The van der Waals surface area contributed by atoms with Gasteiger partial charge in [-0.3, -0.25) is 4.79 Å². The van der Waals surface area contributed by atoms with Gasteiger partial charge in [-0.25, -0.2) is 9.18 Å². The maximum absolute atomic E-state index is 12.9. The number of piperazine rings is 1. The van der Waals surface area contributed by atoms with E-state index >= 15 is 0 Å². The number of halogens is 1. The first-order valence-corrected chi connectivity index (χ1v) is 9.60. The van der Waals surface area contributed by atoms with Crippen LogP contribution >= 0.6 is 0 Å². The molecule has 154 valence electrons. The Hall–Kier alpha value is -3.13. The average Bonchev–Trinajstić information content (AvgIpc) is 2.73. The summed E-state index contributed by atoms with van der Waals surface area (Å²) in [4.78, 5) is 28.7. The van der Waals surface area contributed by atoms with Gasteiger partial charge in [0.25, 0.3) is 0 Å². The fourth-order valence-corrected chi connectivity index (χ4v) is 3.10. The Balaban J connectivity index is 1.47. The number of rotatable bonds is 6. The van der Waals surface area contributed by atoms with Gasteiger partial charge >= 0.3 is 6.03 Å². The van der Waals surface area contributed by atoms with Crippen molar-refractivity contribution in [3.8, 4) is 0 Å². The van der Waals surface area contributed by atoms with Crippen LogP contribution in [0.4, 0.5) is 20.6 Å². The highest BCUT2D eigenvalue weighted by atomic mass is 19.1. The number of likely N-dealkylation sites (N-methyl/N-ethyl adjacent to an activating group) is 1. The number of urea groups is 1. The molecule has 2 aromatic carbocycles. The Morgan fingerprint density at radius 1 is 0.966 bits per heavy atom. The first-order valence-electron chi connectivity index (χ1n) is 9.60. The number of amides is 3. The van der Waals surface area contributed by atoms with Crippen LogP contribution in [0.25, 0.3) is 0 Å². The molecule has 7 nitrogen and oxygen atoms in total. The summed E-state index contributed by atoms with van der Waals surface area (Å²) in [7, 11) is 2.10. The maximum Gasteiger partial charge on any atom is 0.315 e. The third-order valence-corrected chi connectivity index (χ3v) is 4.80. The van der Waals surface area contributed by atoms with Gasteiger partial charge in [-0.15, -0.1) is 0 Å². The van der Waals surface area contributed by atoms with Gasteiger partial charge in [0.05, 0.1) is 17.9 Å². The number of anilines is 2. The standard InChI is InChI=1S/C21H26FN5O2/c1-26-10-12-27(13-11-26)19-5-3-2-4-18(19)25-20(28)15-24-21(29)23-14-16-6-8-17(22)9-7-16/h2-9H,10-15H2,1H3,(H,25,28)(H2,23,24,29). The van der Waals surface area contributed by atoms with Gasteiger partial charge in [-0.2, -0.15) is 0 Å². The first kappa shape index (κ1) is 20.6. The van der Waals surface area contributed by atoms with Crippen LogP contribution in [-0.4, -0.2) is 56.6 Å². The van der Waals surface area contributed by atoms with Crippen LogP contribution in [0.5, 0.6) is 0 Å². The first-order chi connectivity index (χ1) is 14.0. The van der Waals surface area contributed by atoms with Gasteiger partial charge in [0, 0.05) is 32.7 Å². The van der Waals surface area contributed by atoms with E-state index in [1.54, 1.807) is 12.1 Å². The fraction of sp³-hybridized carbons (Fsp3) is 0.333. The van der Waals surface area contributed by atoms with Crippen molar-refractivity contribution in [2.75, 3.05) is 50.0 Å². The lowest BCUT2D eigenvalue weighted by Gasteiger charge is -2.35. The lowest BCUT2D eigenvalue weighted by atomic mass is 10.2. The molecule has 2 aromatic rings. The van der Waals surface area contributed by atoms with E-state index in [0.717, 1.165) is 43.1 Å². The lowest BCUT2D eigenvalue weighted by molar-refractivity contribution is -0.115. The molecule has 0 radical (unpaired) electrons. The third kappa shape index (κ3) is 6.18. The molecular weight excluding hydrogens is 373 g/mol. The van der Waals surface area contributed by atoms with Crippen molar-refractivity contribution in [2.45, 2.75) is 6.54 Å². The summed E-state index contributed by atoms with van der Waals surface area (Å²) in [5, 5.41) is 8.05. The Morgan fingerprint density at radius 2 is 1.66 bits per heavy atom. The molecule has 0 aliphatic carbocycles. The number of nitrogens with one attached hydrogen (secondary N) is 3. The zero-order valence-corrected chi connectivity index (χ0v) is 16.5. The van der Waals surface area contributed by atoms with Gasteiger partial charge in [0.1, 0.15) is 5.82 Å². The molecule has 3 N–H and O–H groups in total. The van der Waals surface area contributed by atoms with Crippen molar-refractivity contribution in [3.63, 3.8) is 0 Å². The topological polar surface area (TPSA) is 76.7 Å². The third-order valence-electron chi connectivity index (χ3n) is 4.80. The summed E-state index contributed by atoms with van der Waals surface area (Å²) >= 11 is 0. The van der Waals surface area contributed by atoms with Crippen molar-refractivity contribution < 1.29 is 14.0 Å². The Bertz CT molecular complexity index is 835.